The number of nitrogens with zero attached hydrogens (tertiary/aromatic N) is 2. The van der Waals surface area contributed by atoms with Gasteiger partial charge in [0.15, 0.2) is 5.16 Å². The molecule has 0 amide bonds. The number of aromatic nitrogens is 3. The molecule has 1 aromatic heterocycles. The average molecular weight is 285 g/mol. The maximum Gasteiger partial charge on any atom is 0.240 e. The minimum atomic E-state index is -3.48. The van der Waals surface area contributed by atoms with Crippen molar-refractivity contribution in [2.45, 2.75) is 14.9 Å². The normalized spacial score (nSPS) is 11.6. The van der Waals surface area contributed by atoms with E-state index in [1.54, 1.807) is 6.07 Å². The Bertz CT molecular complexity index is 639. The van der Waals surface area contributed by atoms with E-state index >= 15 is 0 Å². The fraction of sp³-hybridized carbons (Fsp3) is 0.111. The Morgan fingerprint density at radius 3 is 2.83 bits per heavy atom. The topological polar surface area (TPSA) is 114 Å². The molecule has 1 aromatic carbocycles. The Hall–Kier alpha value is -1.58. The fourth-order valence-corrected chi connectivity index (χ4v) is 2.84. The van der Waals surface area contributed by atoms with Crippen molar-refractivity contribution in [3.05, 3.63) is 24.5 Å². The second-order valence-corrected chi connectivity index (χ2v) is 6.22. The molecule has 0 atom stereocenters. The van der Waals surface area contributed by atoms with E-state index in [9.17, 15) is 8.42 Å². The third-order valence-electron chi connectivity index (χ3n) is 2.16. The number of H-pyrrole nitrogens is 1. The van der Waals surface area contributed by atoms with Crippen LogP contribution >= 0.6 is 11.8 Å². The molecule has 1 heterocycles. The first-order chi connectivity index (χ1) is 8.53. The minimum absolute atomic E-state index is 0.154. The molecule has 2 rings (SSSR count). The summed E-state index contributed by atoms with van der Waals surface area (Å²) in [5, 5.41) is 6.92. The van der Waals surface area contributed by atoms with E-state index in [4.69, 9.17) is 5.73 Å². The first kappa shape index (κ1) is 12.9. The Balaban J connectivity index is 2.39. The zero-order valence-electron chi connectivity index (χ0n) is 9.41. The molecule has 0 aliphatic rings. The predicted octanol–water partition coefficient (Wildman–Crippen LogP) is 0.446. The van der Waals surface area contributed by atoms with Gasteiger partial charge in [-0.05, 0) is 37.0 Å². The molecular weight excluding hydrogens is 274 g/mol. The van der Waals surface area contributed by atoms with Crippen molar-refractivity contribution in [2.24, 2.45) is 0 Å². The minimum Gasteiger partial charge on any atom is -0.398 e. The van der Waals surface area contributed by atoms with Gasteiger partial charge in [-0.25, -0.2) is 18.1 Å². The van der Waals surface area contributed by atoms with Crippen LogP contribution in [0.1, 0.15) is 0 Å². The number of benzene rings is 1. The lowest BCUT2D eigenvalue weighted by Gasteiger charge is -2.07. The Morgan fingerprint density at radius 1 is 1.44 bits per heavy atom. The highest BCUT2D eigenvalue weighted by atomic mass is 32.2. The molecule has 0 aliphatic carbocycles. The number of hydrogen-bond acceptors (Lipinski definition) is 6. The molecule has 4 N–H and O–H groups in total. The highest BCUT2D eigenvalue weighted by Crippen LogP contribution is 2.31. The number of anilines is 1. The first-order valence-electron chi connectivity index (χ1n) is 4.89. The molecule has 0 aliphatic heterocycles. The summed E-state index contributed by atoms with van der Waals surface area (Å²) >= 11 is 1.22. The number of nitrogens with one attached hydrogen (secondary N) is 2. The second-order valence-electron chi connectivity index (χ2n) is 3.30. The van der Waals surface area contributed by atoms with E-state index < -0.39 is 10.0 Å². The van der Waals surface area contributed by atoms with Crippen molar-refractivity contribution >= 4 is 27.5 Å². The Morgan fingerprint density at radius 2 is 2.22 bits per heavy atom. The molecule has 0 saturated heterocycles. The summed E-state index contributed by atoms with van der Waals surface area (Å²) in [5.74, 6) is 0. The first-order valence-corrected chi connectivity index (χ1v) is 7.19. The zero-order valence-corrected chi connectivity index (χ0v) is 11.0. The molecule has 0 saturated carbocycles. The summed E-state index contributed by atoms with van der Waals surface area (Å²) in [5.41, 5.74) is 6.27. The third-order valence-corrected chi connectivity index (χ3v) is 4.54. The van der Waals surface area contributed by atoms with Crippen LogP contribution in [0.4, 0.5) is 5.69 Å². The maximum absolute atomic E-state index is 11.7. The predicted molar refractivity (Wildman–Crippen MR) is 67.6 cm³/mol. The number of aromatic amines is 1. The Labute approximate surface area is 108 Å². The molecule has 0 fully saturated rings. The molecule has 18 heavy (non-hydrogen) atoms. The monoisotopic (exact) mass is 285 g/mol. The smallest absolute Gasteiger partial charge is 0.240 e. The summed E-state index contributed by atoms with van der Waals surface area (Å²) < 4.78 is 25.6. The molecule has 0 bridgehead atoms. The van der Waals surface area contributed by atoms with E-state index in [1.807, 2.05) is 0 Å². The van der Waals surface area contributed by atoms with Gasteiger partial charge in [0.1, 0.15) is 6.33 Å². The van der Waals surface area contributed by atoms with Crippen LogP contribution in [0.25, 0.3) is 0 Å². The number of rotatable bonds is 4. The standard InChI is InChI=1S/C9H11N5O2S2/c1-11-18(15,16)6-2-3-7(10)8(4-6)17-9-12-5-13-14-9/h2-5,11H,10H2,1H3,(H,12,13,14). The molecule has 96 valence electrons. The van der Waals surface area contributed by atoms with Gasteiger partial charge in [0, 0.05) is 10.6 Å². The van der Waals surface area contributed by atoms with Gasteiger partial charge in [-0.15, -0.1) is 0 Å². The molecule has 9 heteroatoms. The number of nitrogen functional groups attached to an aromatic ring is 1. The largest absolute Gasteiger partial charge is 0.398 e. The maximum atomic E-state index is 11.7. The number of nitrogens with two attached hydrogens (primary N) is 1. The van der Waals surface area contributed by atoms with E-state index in [2.05, 4.69) is 19.9 Å². The third kappa shape index (κ3) is 2.63. The van der Waals surface area contributed by atoms with Gasteiger partial charge in [-0.1, -0.05) is 0 Å². The van der Waals surface area contributed by atoms with Crippen molar-refractivity contribution in [2.75, 3.05) is 12.8 Å². The summed E-state index contributed by atoms with van der Waals surface area (Å²) in [6, 6.07) is 4.49. The van der Waals surface area contributed by atoms with Gasteiger partial charge < -0.3 is 5.73 Å². The highest BCUT2D eigenvalue weighted by molar-refractivity contribution is 7.99. The second kappa shape index (κ2) is 4.96. The van der Waals surface area contributed by atoms with Crippen LogP contribution in [0.5, 0.6) is 0 Å². The molecule has 0 radical (unpaired) electrons. The summed E-state index contributed by atoms with van der Waals surface area (Å²) in [7, 11) is -2.13. The van der Waals surface area contributed by atoms with Crippen molar-refractivity contribution in [1.29, 1.82) is 0 Å². The number of hydrogen-bond donors (Lipinski definition) is 3. The number of sulfonamides is 1. The van der Waals surface area contributed by atoms with Crippen LogP contribution in [0.15, 0.2) is 39.5 Å². The molecule has 0 spiro atoms. The van der Waals surface area contributed by atoms with E-state index in [1.165, 1.54) is 37.3 Å². The van der Waals surface area contributed by atoms with Gasteiger partial charge in [0.2, 0.25) is 10.0 Å². The van der Waals surface area contributed by atoms with Gasteiger partial charge in [0.05, 0.1) is 4.90 Å². The van der Waals surface area contributed by atoms with Gasteiger partial charge in [-0.2, -0.15) is 5.10 Å². The lowest BCUT2D eigenvalue weighted by atomic mass is 10.3. The highest BCUT2D eigenvalue weighted by Gasteiger charge is 2.14. The van der Waals surface area contributed by atoms with E-state index in [-0.39, 0.29) is 4.90 Å². The van der Waals surface area contributed by atoms with Gasteiger partial charge in [0.25, 0.3) is 0 Å². The fourth-order valence-electron chi connectivity index (χ4n) is 1.24. The SMILES string of the molecule is CNS(=O)(=O)c1ccc(N)c(Sc2ncn[nH]2)c1. The quantitative estimate of drug-likeness (QED) is 0.703. The van der Waals surface area contributed by atoms with Crippen LogP contribution in [0, 0.1) is 0 Å². The molecule has 0 unspecified atom stereocenters. The van der Waals surface area contributed by atoms with Crippen LogP contribution in [0.2, 0.25) is 0 Å². The van der Waals surface area contributed by atoms with Crippen molar-refractivity contribution < 1.29 is 8.42 Å². The summed E-state index contributed by atoms with van der Waals surface area (Å²) in [4.78, 5) is 4.69. The summed E-state index contributed by atoms with van der Waals surface area (Å²) in [6.45, 7) is 0. The van der Waals surface area contributed by atoms with Gasteiger partial charge in [-0.3, -0.25) is 5.10 Å². The van der Waals surface area contributed by atoms with E-state index in [0.29, 0.717) is 15.7 Å². The van der Waals surface area contributed by atoms with Crippen LogP contribution in [-0.2, 0) is 10.0 Å². The van der Waals surface area contributed by atoms with Crippen molar-refractivity contribution in [1.82, 2.24) is 19.9 Å². The van der Waals surface area contributed by atoms with Gasteiger partial charge >= 0.3 is 0 Å². The molecular formula is C9H11N5O2S2. The molecule has 7 nitrogen and oxygen atoms in total. The average Bonchev–Trinajstić information content (AvgIpc) is 2.84. The van der Waals surface area contributed by atoms with Crippen LogP contribution in [0.3, 0.4) is 0 Å². The van der Waals surface area contributed by atoms with Crippen LogP contribution in [-0.4, -0.2) is 30.6 Å². The lowest BCUT2D eigenvalue weighted by molar-refractivity contribution is 0.588. The van der Waals surface area contributed by atoms with Crippen LogP contribution < -0.4 is 10.5 Å². The molecule has 2 aromatic rings. The Kier molecular flexibility index (Phi) is 3.55. The summed E-state index contributed by atoms with van der Waals surface area (Å²) in [6.07, 6.45) is 1.37. The van der Waals surface area contributed by atoms with E-state index in [0.717, 1.165) is 0 Å². The van der Waals surface area contributed by atoms with Crippen molar-refractivity contribution in [3.63, 3.8) is 0 Å². The zero-order chi connectivity index (χ0) is 13.2. The lowest BCUT2D eigenvalue weighted by Crippen LogP contribution is -2.18. The van der Waals surface area contributed by atoms with Crippen molar-refractivity contribution in [3.8, 4) is 0 Å².